The summed E-state index contributed by atoms with van der Waals surface area (Å²) in [5.41, 5.74) is 5.12. The van der Waals surface area contributed by atoms with Crippen molar-refractivity contribution in [1.29, 1.82) is 0 Å². The van der Waals surface area contributed by atoms with Gasteiger partial charge in [-0.3, -0.25) is 9.11 Å². The van der Waals surface area contributed by atoms with Crippen LogP contribution in [0.25, 0.3) is 0 Å². The highest BCUT2D eigenvalue weighted by Crippen LogP contribution is 2.27. The molecule has 12 nitrogen and oxygen atoms in total. The fourth-order valence-corrected chi connectivity index (χ4v) is 3.08. The Balaban J connectivity index is 2.56. The van der Waals surface area contributed by atoms with Gasteiger partial charge in [0.1, 0.15) is 4.90 Å². The van der Waals surface area contributed by atoms with Gasteiger partial charge in [-0.1, -0.05) is 0 Å². The molecule has 1 heterocycles. The normalized spacial score (nSPS) is 13.3. The summed E-state index contributed by atoms with van der Waals surface area (Å²) in [7, 11) is -9.37. The zero-order valence-corrected chi connectivity index (χ0v) is 15.3. The van der Waals surface area contributed by atoms with Crippen molar-refractivity contribution in [3.05, 3.63) is 23.5 Å². The average Bonchev–Trinajstić information content (AvgIpc) is 2.43. The largest absolute Gasteiger partial charge is 0.339 e. The van der Waals surface area contributed by atoms with Crippen molar-refractivity contribution in [3.8, 4) is 0 Å². The Kier molecular flexibility index (Phi) is 5.64. The maximum Gasteiger partial charge on any atom is 0.296 e. The molecule has 1 aromatic carbocycles. The van der Waals surface area contributed by atoms with Crippen LogP contribution in [-0.2, 0) is 20.2 Å². The highest BCUT2D eigenvalue weighted by molar-refractivity contribution is 7.86. The number of aromatic nitrogens is 3. The molecule has 0 radical (unpaired) electrons. The molecule has 0 amide bonds. The Labute approximate surface area is 153 Å². The lowest BCUT2D eigenvalue weighted by Gasteiger charge is -2.12. The van der Waals surface area contributed by atoms with Gasteiger partial charge in [-0.05, 0) is 36.7 Å². The van der Waals surface area contributed by atoms with Gasteiger partial charge in [0.25, 0.3) is 20.2 Å². The van der Waals surface area contributed by atoms with Crippen LogP contribution in [0.5, 0.6) is 0 Å². The molecule has 2 rings (SSSR count). The van der Waals surface area contributed by atoms with E-state index in [2.05, 4.69) is 25.6 Å². The van der Waals surface area contributed by atoms with Gasteiger partial charge in [0.15, 0.2) is 0 Å². The van der Waals surface area contributed by atoms with Crippen molar-refractivity contribution < 1.29 is 25.9 Å². The Morgan fingerprint density at radius 1 is 1.08 bits per heavy atom. The number of nitrogens with two attached hydrogens (primary N) is 1. The first-order chi connectivity index (χ1) is 11.9. The van der Waals surface area contributed by atoms with E-state index in [0.29, 0.717) is 0 Å². The van der Waals surface area contributed by atoms with Gasteiger partial charge < -0.3 is 16.4 Å². The molecule has 6 N–H and O–H groups in total. The lowest BCUT2D eigenvalue weighted by Crippen LogP contribution is -2.26. The fraction of sp³-hybridized carbons (Fsp3) is 0.182. The summed E-state index contributed by atoms with van der Waals surface area (Å²) in [6.45, 7) is 1.59. The van der Waals surface area contributed by atoms with Crippen molar-refractivity contribution in [2.24, 2.45) is 5.73 Å². The zero-order valence-electron chi connectivity index (χ0n) is 13.0. The van der Waals surface area contributed by atoms with Crippen LogP contribution < -0.4 is 16.4 Å². The maximum absolute atomic E-state index is 11.5. The van der Waals surface area contributed by atoms with E-state index in [1.165, 1.54) is 0 Å². The molecule has 1 atom stereocenters. The molecule has 15 heteroatoms. The lowest BCUT2D eigenvalue weighted by molar-refractivity contribution is 0.479. The Bertz CT molecular complexity index is 1040. The van der Waals surface area contributed by atoms with E-state index in [1.807, 2.05) is 0 Å². The molecule has 1 unspecified atom stereocenters. The molecule has 0 aliphatic carbocycles. The van der Waals surface area contributed by atoms with E-state index in [4.69, 9.17) is 21.9 Å². The number of halogens is 1. The molecule has 0 bridgehead atoms. The molecule has 0 fully saturated rings. The van der Waals surface area contributed by atoms with Crippen LogP contribution in [0, 0.1) is 0 Å². The standard InChI is InChI=1S/C11H13ClN6O6S2/c1-5(13)14-10-16-9(12)17-11(18-10)15-7-4-6(25(19,20)21)2-3-8(7)26(22,23)24/h2-5H,13H2,1H3,(H,19,20,21)(H,22,23,24)(H2,14,15,16,17,18). The van der Waals surface area contributed by atoms with Gasteiger partial charge in [-0.25, -0.2) is 0 Å². The second-order valence-corrected chi connectivity index (χ2v) is 8.07. The quantitative estimate of drug-likeness (QED) is 0.318. The highest BCUT2D eigenvalue weighted by Gasteiger charge is 2.21. The van der Waals surface area contributed by atoms with Crippen LogP contribution in [-0.4, -0.2) is 47.1 Å². The van der Waals surface area contributed by atoms with Crippen molar-refractivity contribution in [1.82, 2.24) is 15.0 Å². The predicted molar refractivity (Wildman–Crippen MR) is 91.5 cm³/mol. The summed E-state index contributed by atoms with van der Waals surface area (Å²) in [6.07, 6.45) is -0.544. The first kappa shape index (κ1) is 20.2. The van der Waals surface area contributed by atoms with E-state index in [-0.39, 0.29) is 17.2 Å². The number of hydrogen-bond donors (Lipinski definition) is 5. The van der Waals surface area contributed by atoms with Crippen molar-refractivity contribution in [3.63, 3.8) is 0 Å². The molecule has 26 heavy (non-hydrogen) atoms. The summed E-state index contributed by atoms with van der Waals surface area (Å²) in [6, 6.07) is 2.35. The number of rotatable bonds is 6. The lowest BCUT2D eigenvalue weighted by atomic mass is 10.3. The summed E-state index contributed by atoms with van der Waals surface area (Å²) in [5.74, 6) is -0.313. The Morgan fingerprint density at radius 2 is 1.69 bits per heavy atom. The van der Waals surface area contributed by atoms with E-state index in [9.17, 15) is 21.4 Å². The molecular weight excluding hydrogens is 412 g/mol. The van der Waals surface area contributed by atoms with Crippen LogP contribution in [0.15, 0.2) is 28.0 Å². The van der Waals surface area contributed by atoms with Crippen LogP contribution in [0.3, 0.4) is 0 Å². The Hall–Kier alpha value is -2.10. The van der Waals surface area contributed by atoms with Crippen molar-refractivity contribution in [2.75, 3.05) is 10.6 Å². The zero-order chi connectivity index (χ0) is 19.7. The summed E-state index contributed by atoms with van der Waals surface area (Å²) < 4.78 is 63.9. The van der Waals surface area contributed by atoms with Gasteiger partial charge in [0, 0.05) is 0 Å². The topological polar surface area (TPSA) is 197 Å². The third kappa shape index (κ3) is 5.20. The van der Waals surface area contributed by atoms with Gasteiger partial charge in [0.2, 0.25) is 17.2 Å². The SMILES string of the molecule is CC(N)Nc1nc(Cl)nc(Nc2cc(S(=O)(=O)O)ccc2S(=O)(=O)O)n1. The summed E-state index contributed by atoms with van der Waals surface area (Å²) >= 11 is 5.75. The number of benzene rings is 1. The average molecular weight is 425 g/mol. The van der Waals surface area contributed by atoms with Gasteiger partial charge in [0.05, 0.1) is 16.7 Å². The molecule has 0 aliphatic rings. The molecule has 142 valence electrons. The van der Waals surface area contributed by atoms with Gasteiger partial charge in [-0.2, -0.15) is 31.8 Å². The molecule has 0 aliphatic heterocycles. The molecule has 0 spiro atoms. The van der Waals surface area contributed by atoms with Crippen molar-refractivity contribution >= 4 is 49.4 Å². The first-order valence-corrected chi connectivity index (χ1v) is 9.92. The molecular formula is C11H13ClN6O6S2. The molecule has 2 aromatic rings. The van der Waals surface area contributed by atoms with Crippen LogP contribution in [0.4, 0.5) is 17.6 Å². The minimum Gasteiger partial charge on any atom is -0.339 e. The van der Waals surface area contributed by atoms with Crippen LogP contribution >= 0.6 is 11.6 Å². The molecule has 0 saturated carbocycles. The number of hydrogen-bond acceptors (Lipinski definition) is 10. The van der Waals surface area contributed by atoms with Crippen molar-refractivity contribution in [2.45, 2.75) is 22.9 Å². The third-order valence-electron chi connectivity index (χ3n) is 2.74. The fourth-order valence-electron chi connectivity index (χ4n) is 1.79. The molecule has 1 aromatic heterocycles. The smallest absolute Gasteiger partial charge is 0.296 e. The molecule has 0 saturated heterocycles. The highest BCUT2D eigenvalue weighted by atomic mass is 35.5. The van der Waals surface area contributed by atoms with E-state index in [1.54, 1.807) is 6.92 Å². The number of nitrogens with one attached hydrogen (secondary N) is 2. The van der Waals surface area contributed by atoms with E-state index in [0.717, 1.165) is 18.2 Å². The first-order valence-electron chi connectivity index (χ1n) is 6.66. The monoisotopic (exact) mass is 424 g/mol. The number of nitrogens with zero attached hydrogens (tertiary/aromatic N) is 3. The second-order valence-electron chi connectivity index (χ2n) is 4.92. The van der Waals surface area contributed by atoms with Crippen LogP contribution in [0.1, 0.15) is 6.92 Å². The number of anilines is 3. The maximum atomic E-state index is 11.5. The third-order valence-corrected chi connectivity index (χ3v) is 4.67. The van der Waals surface area contributed by atoms with E-state index >= 15 is 0 Å². The van der Waals surface area contributed by atoms with Crippen LogP contribution in [0.2, 0.25) is 5.28 Å². The predicted octanol–water partition coefficient (Wildman–Crippen LogP) is 0.479. The van der Waals surface area contributed by atoms with Gasteiger partial charge >= 0.3 is 0 Å². The minimum absolute atomic E-state index is 0.0400. The summed E-state index contributed by atoms with van der Waals surface area (Å²) in [5, 5.41) is 4.77. The Morgan fingerprint density at radius 3 is 2.23 bits per heavy atom. The minimum atomic E-state index is -4.73. The van der Waals surface area contributed by atoms with Gasteiger partial charge in [-0.15, -0.1) is 0 Å². The summed E-state index contributed by atoms with van der Waals surface area (Å²) in [4.78, 5) is 10.1. The second kappa shape index (κ2) is 7.26. The van der Waals surface area contributed by atoms with E-state index < -0.39 is 41.9 Å².